The van der Waals surface area contributed by atoms with Crippen LogP contribution in [0.5, 0.6) is 0 Å². The van der Waals surface area contributed by atoms with Gasteiger partial charge in [0.05, 0.1) is 13.2 Å². The summed E-state index contributed by atoms with van der Waals surface area (Å²) in [5, 5.41) is 5.95. The molecule has 4 heteroatoms. The first kappa shape index (κ1) is 13.4. The molecule has 0 spiro atoms. The summed E-state index contributed by atoms with van der Waals surface area (Å²) < 4.78 is 4.83. The Kier molecular flexibility index (Phi) is 8.57. The summed E-state index contributed by atoms with van der Waals surface area (Å²) >= 11 is 0. The molecule has 84 valence electrons. The SMILES string of the molecule is CCC(CC)NCC(=O)NCCOC. The third-order valence-electron chi connectivity index (χ3n) is 2.17. The molecule has 0 aromatic carbocycles. The molecule has 0 aliphatic carbocycles. The van der Waals surface area contributed by atoms with Crippen LogP contribution >= 0.6 is 0 Å². The molecular weight excluding hydrogens is 180 g/mol. The fraction of sp³-hybridized carbons (Fsp3) is 0.900. The Morgan fingerprint density at radius 3 is 2.50 bits per heavy atom. The summed E-state index contributed by atoms with van der Waals surface area (Å²) in [6.45, 7) is 5.78. The number of hydrogen-bond donors (Lipinski definition) is 2. The van der Waals surface area contributed by atoms with E-state index in [0.717, 1.165) is 12.8 Å². The van der Waals surface area contributed by atoms with Crippen LogP contribution in [0.15, 0.2) is 0 Å². The normalized spacial score (nSPS) is 10.6. The number of methoxy groups -OCH3 is 1. The van der Waals surface area contributed by atoms with Gasteiger partial charge in [-0.1, -0.05) is 13.8 Å². The van der Waals surface area contributed by atoms with Gasteiger partial charge in [-0.05, 0) is 12.8 Å². The summed E-state index contributed by atoms with van der Waals surface area (Å²) in [7, 11) is 1.62. The molecule has 0 aromatic heterocycles. The molecule has 0 aliphatic rings. The molecule has 0 aromatic rings. The van der Waals surface area contributed by atoms with Gasteiger partial charge in [-0.25, -0.2) is 0 Å². The first-order chi connectivity index (χ1) is 6.74. The van der Waals surface area contributed by atoms with Crippen LogP contribution in [0.25, 0.3) is 0 Å². The Balaban J connectivity index is 3.42. The van der Waals surface area contributed by atoms with Crippen molar-refractivity contribution < 1.29 is 9.53 Å². The van der Waals surface area contributed by atoms with Crippen molar-refractivity contribution in [1.82, 2.24) is 10.6 Å². The molecule has 0 saturated heterocycles. The molecule has 2 N–H and O–H groups in total. The second-order valence-electron chi connectivity index (χ2n) is 3.24. The molecule has 0 aliphatic heterocycles. The highest BCUT2D eigenvalue weighted by atomic mass is 16.5. The van der Waals surface area contributed by atoms with Crippen LogP contribution in [0.1, 0.15) is 26.7 Å². The van der Waals surface area contributed by atoms with Gasteiger partial charge < -0.3 is 15.4 Å². The van der Waals surface area contributed by atoms with Gasteiger partial charge in [0.25, 0.3) is 0 Å². The second kappa shape index (κ2) is 8.97. The lowest BCUT2D eigenvalue weighted by molar-refractivity contribution is -0.120. The van der Waals surface area contributed by atoms with E-state index in [2.05, 4.69) is 24.5 Å². The van der Waals surface area contributed by atoms with Gasteiger partial charge in [0.2, 0.25) is 5.91 Å². The minimum Gasteiger partial charge on any atom is -0.383 e. The average molecular weight is 202 g/mol. The lowest BCUT2D eigenvalue weighted by Crippen LogP contribution is -2.39. The summed E-state index contributed by atoms with van der Waals surface area (Å²) in [6.07, 6.45) is 2.11. The maximum atomic E-state index is 11.2. The van der Waals surface area contributed by atoms with E-state index in [-0.39, 0.29) is 5.91 Å². The Morgan fingerprint density at radius 1 is 1.36 bits per heavy atom. The zero-order valence-electron chi connectivity index (χ0n) is 9.43. The molecule has 0 atom stereocenters. The highest BCUT2D eigenvalue weighted by Gasteiger charge is 2.05. The molecule has 0 bridgehead atoms. The van der Waals surface area contributed by atoms with Crippen LogP contribution in [0.4, 0.5) is 0 Å². The lowest BCUT2D eigenvalue weighted by Gasteiger charge is -2.14. The van der Waals surface area contributed by atoms with Crippen molar-refractivity contribution in [3.05, 3.63) is 0 Å². The van der Waals surface area contributed by atoms with Crippen molar-refractivity contribution in [2.75, 3.05) is 26.8 Å². The molecule has 4 nitrogen and oxygen atoms in total. The van der Waals surface area contributed by atoms with E-state index >= 15 is 0 Å². The third kappa shape index (κ3) is 6.86. The summed E-state index contributed by atoms with van der Waals surface area (Å²) in [6, 6.07) is 0.447. The second-order valence-corrected chi connectivity index (χ2v) is 3.24. The van der Waals surface area contributed by atoms with Crippen molar-refractivity contribution >= 4 is 5.91 Å². The van der Waals surface area contributed by atoms with Crippen molar-refractivity contribution in [2.45, 2.75) is 32.7 Å². The molecule has 1 amide bonds. The molecule has 14 heavy (non-hydrogen) atoms. The first-order valence-electron chi connectivity index (χ1n) is 5.23. The fourth-order valence-electron chi connectivity index (χ4n) is 1.17. The highest BCUT2D eigenvalue weighted by Crippen LogP contribution is 1.94. The maximum absolute atomic E-state index is 11.2. The standard InChI is InChI=1S/C10H22N2O2/c1-4-9(5-2)12-8-10(13)11-6-7-14-3/h9,12H,4-8H2,1-3H3,(H,11,13). The van der Waals surface area contributed by atoms with E-state index in [4.69, 9.17) is 4.74 Å². The molecule has 0 heterocycles. The quantitative estimate of drug-likeness (QED) is 0.564. The molecule has 0 rings (SSSR count). The molecule has 0 fully saturated rings. The number of carbonyl (C=O) groups excluding carboxylic acids is 1. The van der Waals surface area contributed by atoms with Gasteiger partial charge in [-0.3, -0.25) is 4.79 Å². The smallest absolute Gasteiger partial charge is 0.234 e. The van der Waals surface area contributed by atoms with E-state index in [0.29, 0.717) is 25.7 Å². The maximum Gasteiger partial charge on any atom is 0.234 e. The monoisotopic (exact) mass is 202 g/mol. The summed E-state index contributed by atoms with van der Waals surface area (Å²) in [5.41, 5.74) is 0. The van der Waals surface area contributed by atoms with Gasteiger partial charge in [0.15, 0.2) is 0 Å². The largest absolute Gasteiger partial charge is 0.383 e. The number of amides is 1. The van der Waals surface area contributed by atoms with E-state index in [9.17, 15) is 4.79 Å². The highest BCUT2D eigenvalue weighted by molar-refractivity contribution is 5.77. The Morgan fingerprint density at radius 2 is 2.00 bits per heavy atom. The number of nitrogens with one attached hydrogen (secondary N) is 2. The zero-order valence-corrected chi connectivity index (χ0v) is 9.43. The van der Waals surface area contributed by atoms with Crippen LogP contribution < -0.4 is 10.6 Å². The minimum absolute atomic E-state index is 0.0361. The predicted molar refractivity (Wildman–Crippen MR) is 57.3 cm³/mol. The number of carbonyl (C=O) groups is 1. The van der Waals surface area contributed by atoms with E-state index in [1.807, 2.05) is 0 Å². The molecular formula is C10H22N2O2. The van der Waals surface area contributed by atoms with Gasteiger partial charge >= 0.3 is 0 Å². The van der Waals surface area contributed by atoms with Crippen LogP contribution in [-0.2, 0) is 9.53 Å². The van der Waals surface area contributed by atoms with Crippen molar-refractivity contribution in [2.24, 2.45) is 0 Å². The fourth-order valence-corrected chi connectivity index (χ4v) is 1.17. The lowest BCUT2D eigenvalue weighted by atomic mass is 10.2. The van der Waals surface area contributed by atoms with Crippen LogP contribution in [0, 0.1) is 0 Å². The molecule has 0 unspecified atom stereocenters. The van der Waals surface area contributed by atoms with Gasteiger partial charge in [-0.15, -0.1) is 0 Å². The molecule has 0 saturated carbocycles. The Labute approximate surface area is 86.4 Å². The summed E-state index contributed by atoms with van der Waals surface area (Å²) in [5.74, 6) is 0.0361. The van der Waals surface area contributed by atoms with Crippen molar-refractivity contribution in [3.63, 3.8) is 0 Å². The van der Waals surface area contributed by atoms with E-state index in [1.165, 1.54) is 0 Å². The van der Waals surface area contributed by atoms with Crippen LogP contribution in [-0.4, -0.2) is 38.8 Å². The van der Waals surface area contributed by atoms with Gasteiger partial charge in [0.1, 0.15) is 0 Å². The Hall–Kier alpha value is -0.610. The Bertz CT molecular complexity index is 147. The third-order valence-corrected chi connectivity index (χ3v) is 2.17. The number of ether oxygens (including phenoxy) is 1. The van der Waals surface area contributed by atoms with Gasteiger partial charge in [-0.2, -0.15) is 0 Å². The van der Waals surface area contributed by atoms with Crippen LogP contribution in [0.3, 0.4) is 0 Å². The number of hydrogen-bond acceptors (Lipinski definition) is 3. The average Bonchev–Trinajstić information content (AvgIpc) is 2.20. The molecule has 0 radical (unpaired) electrons. The minimum atomic E-state index is 0.0361. The van der Waals surface area contributed by atoms with Crippen LogP contribution in [0.2, 0.25) is 0 Å². The van der Waals surface area contributed by atoms with Gasteiger partial charge in [0, 0.05) is 19.7 Å². The van der Waals surface area contributed by atoms with Crippen molar-refractivity contribution in [1.29, 1.82) is 0 Å². The first-order valence-corrected chi connectivity index (χ1v) is 5.23. The summed E-state index contributed by atoms with van der Waals surface area (Å²) in [4.78, 5) is 11.2. The zero-order chi connectivity index (χ0) is 10.8. The van der Waals surface area contributed by atoms with E-state index in [1.54, 1.807) is 7.11 Å². The number of rotatable bonds is 8. The topological polar surface area (TPSA) is 50.4 Å². The van der Waals surface area contributed by atoms with Crippen molar-refractivity contribution in [3.8, 4) is 0 Å². The van der Waals surface area contributed by atoms with E-state index < -0.39 is 0 Å². The predicted octanol–water partition coefficient (Wildman–Crippen LogP) is 0.527.